The van der Waals surface area contributed by atoms with Gasteiger partial charge in [-0.1, -0.05) is 30.3 Å². The number of aliphatic hydroxyl groups excluding tert-OH is 1. The predicted molar refractivity (Wildman–Crippen MR) is 86.8 cm³/mol. The van der Waals surface area contributed by atoms with Crippen molar-refractivity contribution >= 4 is 8.32 Å². The molecule has 0 bridgehead atoms. The molecule has 5 heteroatoms. The summed E-state index contributed by atoms with van der Waals surface area (Å²) in [4.78, 5) is 0. The summed E-state index contributed by atoms with van der Waals surface area (Å²) in [7, 11) is 0.299. The van der Waals surface area contributed by atoms with Crippen molar-refractivity contribution in [3.63, 3.8) is 0 Å². The maximum atomic E-state index is 9.77. The molecule has 0 amide bonds. The van der Waals surface area contributed by atoms with Crippen molar-refractivity contribution in [3.8, 4) is 0 Å². The Bertz CT molecular complexity index is 370. The van der Waals surface area contributed by atoms with Crippen LogP contribution < -0.4 is 0 Å². The molecule has 120 valence electrons. The van der Waals surface area contributed by atoms with Crippen LogP contribution in [0.3, 0.4) is 0 Å². The molecule has 4 nitrogen and oxygen atoms in total. The van der Waals surface area contributed by atoms with E-state index in [2.05, 4.69) is 13.1 Å². The Morgan fingerprint density at radius 3 is 2.43 bits per heavy atom. The highest BCUT2D eigenvalue weighted by Gasteiger charge is 2.19. The fourth-order valence-electron chi connectivity index (χ4n) is 1.86. The van der Waals surface area contributed by atoms with Gasteiger partial charge in [0.1, 0.15) is 6.10 Å². The molecule has 1 rings (SSSR count). The summed E-state index contributed by atoms with van der Waals surface area (Å²) in [6.07, 6.45) is 0.409. The van der Waals surface area contributed by atoms with Gasteiger partial charge in [-0.05, 0) is 31.1 Å². The summed E-state index contributed by atoms with van der Waals surface area (Å²) in [5, 5.41) is 9.77. The zero-order valence-electron chi connectivity index (χ0n) is 13.4. The van der Waals surface area contributed by atoms with Crippen molar-refractivity contribution in [2.45, 2.75) is 38.3 Å². The summed E-state index contributed by atoms with van der Waals surface area (Å²) in [6, 6.07) is 11.0. The van der Waals surface area contributed by atoms with E-state index in [0.717, 1.165) is 18.0 Å². The predicted octanol–water partition coefficient (Wildman–Crippen LogP) is 2.82. The van der Waals surface area contributed by atoms with E-state index in [1.807, 2.05) is 30.3 Å². The molecule has 1 atom stereocenters. The molecule has 1 aromatic rings. The minimum absolute atomic E-state index is 0.299. The van der Waals surface area contributed by atoms with E-state index in [0.29, 0.717) is 26.4 Å². The lowest BCUT2D eigenvalue weighted by atomic mass is 10.2. The van der Waals surface area contributed by atoms with Crippen LogP contribution in [0.25, 0.3) is 0 Å². The van der Waals surface area contributed by atoms with Gasteiger partial charge in [-0.25, -0.2) is 0 Å². The van der Waals surface area contributed by atoms with Gasteiger partial charge in [0.15, 0.2) is 8.32 Å². The first-order valence-electron chi connectivity index (χ1n) is 7.46. The quantitative estimate of drug-likeness (QED) is 0.504. The van der Waals surface area contributed by atoms with E-state index >= 15 is 0 Å². The summed E-state index contributed by atoms with van der Waals surface area (Å²) >= 11 is 0. The molecule has 0 aliphatic heterocycles. The van der Waals surface area contributed by atoms with Crippen LogP contribution in [0.5, 0.6) is 0 Å². The molecule has 0 saturated heterocycles. The normalized spacial score (nSPS) is 13.3. The van der Waals surface area contributed by atoms with Crippen LogP contribution in [0.15, 0.2) is 30.3 Å². The van der Waals surface area contributed by atoms with Gasteiger partial charge in [0, 0.05) is 13.7 Å². The maximum absolute atomic E-state index is 9.77. The molecule has 1 N–H and O–H groups in total. The Balaban J connectivity index is 2.00. The summed E-state index contributed by atoms with van der Waals surface area (Å²) in [5.41, 5.74) is 1.11. The van der Waals surface area contributed by atoms with Crippen LogP contribution in [0.2, 0.25) is 19.1 Å². The highest BCUT2D eigenvalue weighted by atomic mass is 28.4. The number of hydrogen-bond acceptors (Lipinski definition) is 4. The lowest BCUT2D eigenvalue weighted by molar-refractivity contribution is -0.0232. The molecule has 0 aromatic heterocycles. The fourth-order valence-corrected chi connectivity index (χ4v) is 3.06. The molecule has 0 saturated carbocycles. The molecular weight excluding hydrogens is 284 g/mol. The second-order valence-electron chi connectivity index (χ2n) is 5.80. The third kappa shape index (κ3) is 9.01. The van der Waals surface area contributed by atoms with Gasteiger partial charge in [-0.15, -0.1) is 0 Å². The number of aliphatic hydroxyl groups is 1. The smallest absolute Gasteiger partial charge is 0.186 e. The Kier molecular flexibility index (Phi) is 8.80. The molecule has 1 aromatic carbocycles. The fraction of sp³-hybridized carbons (Fsp3) is 0.625. The van der Waals surface area contributed by atoms with E-state index in [1.165, 1.54) is 0 Å². The molecule has 0 radical (unpaired) electrons. The summed E-state index contributed by atoms with van der Waals surface area (Å²) < 4.78 is 16.4. The first-order valence-corrected chi connectivity index (χ1v) is 10.6. The van der Waals surface area contributed by atoms with Crippen LogP contribution in [-0.4, -0.2) is 46.5 Å². The molecule has 0 aliphatic rings. The van der Waals surface area contributed by atoms with E-state index < -0.39 is 14.4 Å². The van der Waals surface area contributed by atoms with Gasteiger partial charge in [0.25, 0.3) is 0 Å². The second kappa shape index (κ2) is 10.1. The third-order valence-electron chi connectivity index (χ3n) is 3.35. The zero-order chi connectivity index (χ0) is 15.6. The molecule has 0 aliphatic carbocycles. The zero-order valence-corrected chi connectivity index (χ0v) is 14.4. The Hall–Kier alpha value is -0.723. The van der Waals surface area contributed by atoms with Gasteiger partial charge in [-0.2, -0.15) is 0 Å². The second-order valence-corrected chi connectivity index (χ2v) is 10.2. The van der Waals surface area contributed by atoms with Crippen LogP contribution in [0.4, 0.5) is 0 Å². The van der Waals surface area contributed by atoms with E-state index in [1.54, 1.807) is 7.11 Å². The van der Waals surface area contributed by atoms with Crippen molar-refractivity contribution in [2.75, 3.05) is 26.9 Å². The van der Waals surface area contributed by atoms with Gasteiger partial charge >= 0.3 is 0 Å². The molecule has 0 spiro atoms. The maximum Gasteiger partial charge on any atom is 0.186 e. The average Bonchev–Trinajstić information content (AvgIpc) is 2.48. The first kappa shape index (κ1) is 18.3. The molecular formula is C16H28O4Si. The van der Waals surface area contributed by atoms with Crippen molar-refractivity contribution in [3.05, 3.63) is 35.9 Å². The molecule has 0 fully saturated rings. The summed E-state index contributed by atoms with van der Waals surface area (Å²) in [5.74, 6) is 0. The number of hydrogen-bond donors (Lipinski definition) is 1. The number of rotatable bonds is 11. The lowest BCUT2D eigenvalue weighted by Gasteiger charge is -2.19. The van der Waals surface area contributed by atoms with E-state index in [-0.39, 0.29) is 0 Å². The van der Waals surface area contributed by atoms with Crippen molar-refractivity contribution in [1.82, 2.24) is 0 Å². The van der Waals surface area contributed by atoms with E-state index in [9.17, 15) is 5.11 Å². The van der Waals surface area contributed by atoms with Gasteiger partial charge < -0.3 is 19.0 Å². The highest BCUT2D eigenvalue weighted by molar-refractivity contribution is 6.71. The van der Waals surface area contributed by atoms with E-state index in [4.69, 9.17) is 13.9 Å². The van der Waals surface area contributed by atoms with Crippen LogP contribution >= 0.6 is 0 Å². The minimum atomic E-state index is -1.48. The number of benzene rings is 1. The molecule has 21 heavy (non-hydrogen) atoms. The first-order chi connectivity index (χ1) is 10.0. The monoisotopic (exact) mass is 312 g/mol. The minimum Gasteiger partial charge on any atom is -0.420 e. The Morgan fingerprint density at radius 2 is 1.76 bits per heavy atom. The number of ether oxygens (including phenoxy) is 2. The van der Waals surface area contributed by atoms with Gasteiger partial charge in [0.2, 0.25) is 0 Å². The van der Waals surface area contributed by atoms with Crippen molar-refractivity contribution < 1.29 is 19.0 Å². The molecule has 1 unspecified atom stereocenters. The summed E-state index contributed by atoms with van der Waals surface area (Å²) in [6.45, 7) is 6.19. The molecule has 0 heterocycles. The largest absolute Gasteiger partial charge is 0.420 e. The SMILES string of the molecule is CO[Si](C)(C)CCCOCC(O)COCc1ccccc1. The highest BCUT2D eigenvalue weighted by Crippen LogP contribution is 2.12. The van der Waals surface area contributed by atoms with Crippen LogP contribution in [0, 0.1) is 0 Å². The van der Waals surface area contributed by atoms with Crippen molar-refractivity contribution in [1.29, 1.82) is 0 Å². The van der Waals surface area contributed by atoms with Crippen molar-refractivity contribution in [2.24, 2.45) is 0 Å². The average molecular weight is 312 g/mol. The topological polar surface area (TPSA) is 47.9 Å². The van der Waals surface area contributed by atoms with Crippen LogP contribution in [-0.2, 0) is 20.5 Å². The lowest BCUT2D eigenvalue weighted by Crippen LogP contribution is -2.29. The van der Waals surface area contributed by atoms with Gasteiger partial charge in [-0.3, -0.25) is 0 Å². The van der Waals surface area contributed by atoms with Gasteiger partial charge in [0.05, 0.1) is 19.8 Å². The Morgan fingerprint density at radius 1 is 1.10 bits per heavy atom. The van der Waals surface area contributed by atoms with Crippen LogP contribution in [0.1, 0.15) is 12.0 Å². The third-order valence-corrected chi connectivity index (χ3v) is 6.01. The standard InChI is InChI=1S/C16H28O4Si/c1-18-21(2,3)11-7-10-19-13-16(17)14-20-12-15-8-5-4-6-9-15/h4-6,8-9,16-17H,7,10-14H2,1-3H3. The Labute approximate surface area is 129 Å².